The Morgan fingerprint density at radius 3 is 2.67 bits per heavy atom. The average molecular weight is 281 g/mol. The van der Waals surface area contributed by atoms with Crippen LogP contribution in [0.2, 0.25) is 0 Å². The lowest BCUT2D eigenvalue weighted by Gasteiger charge is -2.07. The summed E-state index contributed by atoms with van der Waals surface area (Å²) in [6, 6.07) is 15.6. The summed E-state index contributed by atoms with van der Waals surface area (Å²) in [6.07, 6.45) is 1.44. The molecule has 0 N–H and O–H groups in total. The maximum absolute atomic E-state index is 10.8. The fourth-order valence-electron chi connectivity index (χ4n) is 2.56. The monoisotopic (exact) mass is 281 g/mol. The smallest absolute Gasteiger partial charge is 0.244 e. The van der Waals surface area contributed by atoms with Crippen LogP contribution in [0.1, 0.15) is 28.4 Å². The number of nitrogens with zero attached hydrogens (tertiary/aromatic N) is 1. The molecule has 0 saturated carbocycles. The van der Waals surface area contributed by atoms with E-state index in [1.165, 1.54) is 0 Å². The molecule has 106 valence electrons. The second-order valence-electron chi connectivity index (χ2n) is 5.07. The first kappa shape index (κ1) is 13.4. The average Bonchev–Trinajstić information content (AvgIpc) is 2.79. The third kappa shape index (κ3) is 2.65. The van der Waals surface area contributed by atoms with Crippen molar-refractivity contribution >= 4 is 11.8 Å². The fraction of sp³-hybridized carbons (Fsp3) is 0.176. The van der Waals surface area contributed by atoms with Crippen molar-refractivity contribution in [2.45, 2.75) is 13.0 Å². The normalized spacial score (nSPS) is 18.3. The van der Waals surface area contributed by atoms with E-state index in [-0.39, 0.29) is 11.5 Å². The van der Waals surface area contributed by atoms with E-state index in [1.807, 2.05) is 61.5 Å². The van der Waals surface area contributed by atoms with Crippen LogP contribution in [0.15, 0.2) is 48.5 Å². The molecule has 0 spiro atoms. The Hall–Kier alpha value is -2.62. The summed E-state index contributed by atoms with van der Waals surface area (Å²) in [5.74, 6) is 0.701. The summed E-state index contributed by atoms with van der Waals surface area (Å²) < 4.78 is 5.82. The first-order chi connectivity index (χ1) is 10.1. The van der Waals surface area contributed by atoms with Crippen LogP contribution < -0.4 is 0 Å². The second kappa shape index (κ2) is 5.40. The van der Waals surface area contributed by atoms with Crippen LogP contribution in [0, 0.1) is 17.0 Å². The van der Waals surface area contributed by atoms with Crippen molar-refractivity contribution in [2.75, 3.05) is 6.54 Å². The van der Waals surface area contributed by atoms with Gasteiger partial charge in [0.25, 0.3) is 0 Å². The van der Waals surface area contributed by atoms with Crippen LogP contribution in [0.3, 0.4) is 0 Å². The maximum atomic E-state index is 10.8. The van der Waals surface area contributed by atoms with Crippen molar-refractivity contribution in [1.82, 2.24) is 0 Å². The lowest BCUT2D eigenvalue weighted by molar-refractivity contribution is -0.490. The zero-order valence-corrected chi connectivity index (χ0v) is 11.7. The molecule has 0 aromatic heterocycles. The fourth-order valence-corrected chi connectivity index (χ4v) is 2.56. The van der Waals surface area contributed by atoms with Crippen molar-refractivity contribution in [2.24, 2.45) is 0 Å². The van der Waals surface area contributed by atoms with Gasteiger partial charge in [0.05, 0.1) is 0 Å². The first-order valence-electron chi connectivity index (χ1n) is 6.80. The molecule has 1 aliphatic heterocycles. The predicted octanol–water partition coefficient (Wildman–Crippen LogP) is 3.84. The van der Waals surface area contributed by atoms with Gasteiger partial charge in [-0.05, 0) is 24.1 Å². The SMILES string of the molecule is Cc1ccccc1/C=C1\OC(C[N+](=O)[O-])c2ccccc21. The number of hydrogen-bond acceptors (Lipinski definition) is 3. The summed E-state index contributed by atoms with van der Waals surface area (Å²) in [4.78, 5) is 10.5. The molecule has 0 saturated heterocycles. The standard InChI is InChI=1S/C17H15NO3/c1-12-6-2-3-7-13(12)10-16-14-8-4-5-9-15(14)17(21-16)11-18(19)20/h2-10,17H,11H2,1H3/b16-10-. The molecule has 0 radical (unpaired) electrons. The molecule has 0 aliphatic carbocycles. The number of fused-ring (bicyclic) bond motifs is 1. The van der Waals surface area contributed by atoms with Gasteiger partial charge in [0.15, 0.2) is 6.10 Å². The lowest BCUT2D eigenvalue weighted by atomic mass is 10.0. The van der Waals surface area contributed by atoms with Crippen LogP contribution in [0.5, 0.6) is 0 Å². The van der Waals surface area contributed by atoms with E-state index < -0.39 is 6.10 Å². The largest absolute Gasteiger partial charge is 0.478 e. The van der Waals surface area contributed by atoms with Gasteiger partial charge in [0.1, 0.15) is 5.76 Å². The Morgan fingerprint density at radius 2 is 1.90 bits per heavy atom. The highest BCUT2D eigenvalue weighted by atomic mass is 16.6. The number of rotatable bonds is 3. The molecule has 1 unspecified atom stereocenters. The zero-order chi connectivity index (χ0) is 14.8. The van der Waals surface area contributed by atoms with Gasteiger partial charge >= 0.3 is 0 Å². The van der Waals surface area contributed by atoms with Crippen molar-refractivity contribution in [3.8, 4) is 0 Å². The summed E-state index contributed by atoms with van der Waals surface area (Å²) >= 11 is 0. The van der Waals surface area contributed by atoms with Crippen molar-refractivity contribution < 1.29 is 9.66 Å². The predicted molar refractivity (Wildman–Crippen MR) is 81.2 cm³/mol. The van der Waals surface area contributed by atoms with Crippen LogP contribution >= 0.6 is 0 Å². The zero-order valence-electron chi connectivity index (χ0n) is 11.7. The van der Waals surface area contributed by atoms with E-state index in [0.29, 0.717) is 5.76 Å². The summed E-state index contributed by atoms with van der Waals surface area (Å²) in [6.45, 7) is 1.81. The number of benzene rings is 2. The van der Waals surface area contributed by atoms with Crippen LogP contribution in [-0.2, 0) is 4.74 Å². The van der Waals surface area contributed by atoms with Gasteiger partial charge in [0, 0.05) is 16.1 Å². The van der Waals surface area contributed by atoms with Gasteiger partial charge in [-0.3, -0.25) is 10.1 Å². The van der Waals surface area contributed by atoms with E-state index in [1.54, 1.807) is 0 Å². The molecule has 1 aliphatic rings. The molecule has 4 nitrogen and oxygen atoms in total. The minimum atomic E-state index is -0.508. The molecule has 4 heteroatoms. The molecular weight excluding hydrogens is 266 g/mol. The Balaban J connectivity index is 2.02. The van der Waals surface area contributed by atoms with E-state index in [4.69, 9.17) is 4.74 Å². The lowest BCUT2D eigenvalue weighted by Crippen LogP contribution is -2.11. The Morgan fingerprint density at radius 1 is 1.19 bits per heavy atom. The molecule has 0 fully saturated rings. The third-order valence-electron chi connectivity index (χ3n) is 3.63. The molecule has 0 bridgehead atoms. The minimum Gasteiger partial charge on any atom is -0.478 e. The van der Waals surface area contributed by atoms with E-state index in [2.05, 4.69) is 0 Å². The molecular formula is C17H15NO3. The number of hydrogen-bond donors (Lipinski definition) is 0. The van der Waals surface area contributed by atoms with Crippen molar-refractivity contribution in [3.05, 3.63) is 80.9 Å². The molecule has 1 heterocycles. The highest BCUT2D eigenvalue weighted by molar-refractivity contribution is 5.81. The minimum absolute atomic E-state index is 0.220. The van der Waals surface area contributed by atoms with Gasteiger partial charge < -0.3 is 4.74 Å². The van der Waals surface area contributed by atoms with E-state index in [9.17, 15) is 10.1 Å². The number of ether oxygens (including phenoxy) is 1. The van der Waals surface area contributed by atoms with Crippen LogP contribution in [0.4, 0.5) is 0 Å². The summed E-state index contributed by atoms with van der Waals surface area (Å²) in [5, 5.41) is 10.8. The van der Waals surface area contributed by atoms with Gasteiger partial charge in [0.2, 0.25) is 6.54 Å². The van der Waals surface area contributed by atoms with E-state index >= 15 is 0 Å². The number of nitro groups is 1. The van der Waals surface area contributed by atoms with Crippen molar-refractivity contribution in [1.29, 1.82) is 0 Å². The van der Waals surface area contributed by atoms with Gasteiger partial charge in [-0.1, -0.05) is 48.5 Å². The molecule has 21 heavy (non-hydrogen) atoms. The molecule has 2 aromatic rings. The van der Waals surface area contributed by atoms with Crippen molar-refractivity contribution in [3.63, 3.8) is 0 Å². The van der Waals surface area contributed by atoms with Gasteiger partial charge in [-0.25, -0.2) is 0 Å². The first-order valence-corrected chi connectivity index (χ1v) is 6.80. The third-order valence-corrected chi connectivity index (χ3v) is 3.63. The van der Waals surface area contributed by atoms with Crippen LogP contribution in [0.25, 0.3) is 11.8 Å². The van der Waals surface area contributed by atoms with Gasteiger partial charge in [-0.2, -0.15) is 0 Å². The molecule has 3 rings (SSSR count). The van der Waals surface area contributed by atoms with Gasteiger partial charge in [-0.15, -0.1) is 0 Å². The summed E-state index contributed by atoms with van der Waals surface area (Å²) in [7, 11) is 0. The van der Waals surface area contributed by atoms with Crippen LogP contribution in [-0.4, -0.2) is 11.5 Å². The molecule has 1 atom stereocenters. The quantitative estimate of drug-likeness (QED) is 0.634. The topological polar surface area (TPSA) is 52.4 Å². The Labute approximate surface area is 122 Å². The van der Waals surface area contributed by atoms with E-state index in [0.717, 1.165) is 22.3 Å². The Kier molecular flexibility index (Phi) is 3.44. The number of aryl methyl sites for hydroxylation is 1. The Bertz CT molecular complexity index is 721. The highest BCUT2D eigenvalue weighted by Gasteiger charge is 2.31. The molecule has 0 amide bonds. The summed E-state index contributed by atoms with van der Waals surface area (Å²) in [5.41, 5.74) is 4.02. The second-order valence-corrected chi connectivity index (χ2v) is 5.07. The highest BCUT2D eigenvalue weighted by Crippen LogP contribution is 2.39. The maximum Gasteiger partial charge on any atom is 0.244 e. The molecule has 2 aromatic carbocycles.